The second kappa shape index (κ2) is 10.1. The van der Waals surface area contributed by atoms with Crippen molar-refractivity contribution in [1.82, 2.24) is 19.6 Å². The first-order chi connectivity index (χ1) is 14.8. The van der Waals surface area contributed by atoms with Crippen LogP contribution in [-0.2, 0) is 11.3 Å². The first-order valence-electron chi connectivity index (χ1n) is 10.7. The minimum absolute atomic E-state index is 0.0422. The molecule has 1 aliphatic heterocycles. The summed E-state index contributed by atoms with van der Waals surface area (Å²) in [7, 11) is 0. The minimum atomic E-state index is -0.103. The molecule has 1 saturated heterocycles. The molecular formula is C24H30ClN5O. The van der Waals surface area contributed by atoms with E-state index < -0.39 is 0 Å². The van der Waals surface area contributed by atoms with Gasteiger partial charge in [-0.3, -0.25) is 9.69 Å². The Balaban J connectivity index is 1.63. The molecule has 0 saturated carbocycles. The third-order valence-electron chi connectivity index (χ3n) is 5.74. The summed E-state index contributed by atoms with van der Waals surface area (Å²) in [4.78, 5) is 16.7. The lowest BCUT2D eigenvalue weighted by atomic mass is 10.0. The van der Waals surface area contributed by atoms with Crippen LogP contribution in [0.5, 0.6) is 0 Å². The van der Waals surface area contributed by atoms with E-state index in [0.29, 0.717) is 37.9 Å². The Morgan fingerprint density at radius 1 is 1.19 bits per heavy atom. The van der Waals surface area contributed by atoms with E-state index >= 15 is 0 Å². The fourth-order valence-corrected chi connectivity index (χ4v) is 4.16. The maximum absolute atomic E-state index is 12.7. The van der Waals surface area contributed by atoms with Gasteiger partial charge in [0.1, 0.15) is 11.2 Å². The molecule has 1 fully saturated rings. The number of amides is 1. The van der Waals surface area contributed by atoms with Crippen LogP contribution in [0.25, 0.3) is 6.08 Å². The normalized spacial score (nSPS) is 16.1. The molecule has 7 heteroatoms. The Morgan fingerprint density at radius 3 is 2.42 bits per heavy atom. The molecule has 1 aromatic carbocycles. The van der Waals surface area contributed by atoms with E-state index in [1.165, 1.54) is 5.56 Å². The highest BCUT2D eigenvalue weighted by molar-refractivity contribution is 6.31. The molecular weight excluding hydrogens is 410 g/mol. The molecule has 0 N–H and O–H groups in total. The summed E-state index contributed by atoms with van der Waals surface area (Å²) in [6, 6.07) is 10.5. The minimum Gasteiger partial charge on any atom is -0.337 e. The molecule has 3 rings (SSSR count). The van der Waals surface area contributed by atoms with Crippen LogP contribution in [0, 0.1) is 31.1 Å². The van der Waals surface area contributed by atoms with E-state index in [-0.39, 0.29) is 17.9 Å². The summed E-state index contributed by atoms with van der Waals surface area (Å²) in [5.41, 5.74) is 3.89. The lowest BCUT2D eigenvalue weighted by Gasteiger charge is -2.37. The predicted octanol–water partition coefficient (Wildman–Crippen LogP) is 3.91. The van der Waals surface area contributed by atoms with Crippen molar-refractivity contribution in [1.29, 1.82) is 5.26 Å². The zero-order chi connectivity index (χ0) is 22.5. The Kier molecular flexibility index (Phi) is 7.53. The topological polar surface area (TPSA) is 65.2 Å². The van der Waals surface area contributed by atoms with Gasteiger partial charge in [0.2, 0.25) is 5.91 Å². The molecule has 6 nitrogen and oxygen atoms in total. The third-order valence-corrected chi connectivity index (χ3v) is 6.14. The van der Waals surface area contributed by atoms with Gasteiger partial charge in [-0.2, -0.15) is 10.4 Å². The van der Waals surface area contributed by atoms with Gasteiger partial charge in [0.15, 0.2) is 0 Å². The average molecular weight is 440 g/mol. The first-order valence-corrected chi connectivity index (χ1v) is 11.1. The molecule has 0 radical (unpaired) electrons. The zero-order valence-electron chi connectivity index (χ0n) is 18.7. The molecule has 2 heterocycles. The summed E-state index contributed by atoms with van der Waals surface area (Å²) in [6.45, 7) is 11.3. The summed E-state index contributed by atoms with van der Waals surface area (Å²) in [5, 5.41) is 14.5. The molecule has 1 unspecified atom stereocenters. The van der Waals surface area contributed by atoms with Crippen LogP contribution < -0.4 is 0 Å². The van der Waals surface area contributed by atoms with Crippen molar-refractivity contribution < 1.29 is 4.79 Å². The van der Waals surface area contributed by atoms with E-state index in [2.05, 4.69) is 61.1 Å². The van der Waals surface area contributed by atoms with Crippen LogP contribution in [0.1, 0.15) is 36.2 Å². The lowest BCUT2D eigenvalue weighted by molar-refractivity contribution is -0.127. The van der Waals surface area contributed by atoms with E-state index in [1.54, 1.807) is 16.8 Å². The van der Waals surface area contributed by atoms with Gasteiger partial charge in [0.25, 0.3) is 0 Å². The Hall–Kier alpha value is -2.62. The maximum Gasteiger partial charge on any atom is 0.246 e. The molecule has 1 amide bonds. The van der Waals surface area contributed by atoms with E-state index in [9.17, 15) is 10.1 Å². The van der Waals surface area contributed by atoms with Crippen molar-refractivity contribution in [3.8, 4) is 6.07 Å². The Labute approximate surface area is 189 Å². The lowest BCUT2D eigenvalue weighted by Crippen LogP contribution is -2.52. The largest absolute Gasteiger partial charge is 0.337 e. The third kappa shape index (κ3) is 5.55. The van der Waals surface area contributed by atoms with E-state index in [4.69, 9.17) is 11.6 Å². The quantitative estimate of drug-likeness (QED) is 0.640. The predicted molar refractivity (Wildman–Crippen MR) is 124 cm³/mol. The number of halogens is 1. The van der Waals surface area contributed by atoms with E-state index in [1.807, 2.05) is 11.8 Å². The number of carbonyl (C=O) groups is 1. The van der Waals surface area contributed by atoms with Crippen LogP contribution in [0.2, 0.25) is 5.15 Å². The van der Waals surface area contributed by atoms with Crippen molar-refractivity contribution in [2.75, 3.05) is 26.2 Å². The first kappa shape index (κ1) is 23.1. The molecule has 31 heavy (non-hydrogen) atoms. The highest BCUT2D eigenvalue weighted by Gasteiger charge is 2.27. The van der Waals surface area contributed by atoms with Crippen molar-refractivity contribution in [2.45, 2.75) is 40.3 Å². The smallest absolute Gasteiger partial charge is 0.246 e. The summed E-state index contributed by atoms with van der Waals surface area (Å²) >= 11 is 6.57. The fraction of sp³-hybridized carbons (Fsp3) is 0.458. The molecule has 164 valence electrons. The number of benzene rings is 1. The Morgan fingerprint density at radius 2 is 1.84 bits per heavy atom. The van der Waals surface area contributed by atoms with Gasteiger partial charge < -0.3 is 4.90 Å². The number of aromatic nitrogens is 2. The van der Waals surface area contributed by atoms with Crippen molar-refractivity contribution >= 4 is 23.6 Å². The highest BCUT2D eigenvalue weighted by Crippen LogP contribution is 2.23. The van der Waals surface area contributed by atoms with Gasteiger partial charge in [-0.25, -0.2) is 4.68 Å². The number of nitriles is 1. The standard InChI is InChI=1S/C24H30ClN5O/c1-17(2)22(15-26)28-11-13-29(14-12-28)23(31)10-9-21-19(4)27-30(24(21)25)16-20-7-5-18(3)6-8-20/h5-10,17,22H,11-14,16H2,1-4H3. The monoisotopic (exact) mass is 439 g/mol. The number of hydrogen-bond donors (Lipinski definition) is 0. The summed E-state index contributed by atoms with van der Waals surface area (Å²) < 4.78 is 1.76. The van der Waals surface area contributed by atoms with Crippen LogP contribution in [0.15, 0.2) is 30.3 Å². The zero-order valence-corrected chi connectivity index (χ0v) is 19.4. The highest BCUT2D eigenvalue weighted by atomic mass is 35.5. The molecule has 1 atom stereocenters. The van der Waals surface area contributed by atoms with Crippen LogP contribution in [-0.4, -0.2) is 57.7 Å². The number of aryl methyl sites for hydroxylation is 2. The van der Waals surface area contributed by atoms with Crippen LogP contribution in [0.4, 0.5) is 0 Å². The summed E-state index contributed by atoms with van der Waals surface area (Å²) in [6.07, 6.45) is 3.34. The second-order valence-corrected chi connectivity index (χ2v) is 8.80. The van der Waals surface area contributed by atoms with Crippen molar-refractivity contribution in [3.05, 3.63) is 57.9 Å². The molecule has 0 spiro atoms. The van der Waals surface area contributed by atoms with Gasteiger partial charge in [-0.1, -0.05) is 55.3 Å². The van der Waals surface area contributed by atoms with Crippen LogP contribution in [0.3, 0.4) is 0 Å². The molecule has 0 bridgehead atoms. The number of nitrogens with zero attached hydrogens (tertiary/aromatic N) is 5. The number of hydrogen-bond acceptors (Lipinski definition) is 4. The van der Waals surface area contributed by atoms with Gasteiger partial charge in [-0.15, -0.1) is 0 Å². The van der Waals surface area contributed by atoms with E-state index in [0.717, 1.165) is 16.8 Å². The fourth-order valence-electron chi connectivity index (χ4n) is 3.86. The van der Waals surface area contributed by atoms with Crippen molar-refractivity contribution in [2.24, 2.45) is 5.92 Å². The molecule has 1 aromatic heterocycles. The Bertz CT molecular complexity index is 979. The number of carbonyl (C=O) groups excluding carboxylic acids is 1. The van der Waals surface area contributed by atoms with Crippen LogP contribution >= 0.6 is 11.6 Å². The molecule has 0 aliphatic carbocycles. The SMILES string of the molecule is Cc1ccc(Cn2nc(C)c(C=CC(=O)N3CCN(C(C#N)C(C)C)CC3)c2Cl)cc1. The summed E-state index contributed by atoms with van der Waals surface area (Å²) in [5.74, 6) is 0.230. The van der Waals surface area contributed by atoms with Gasteiger partial charge >= 0.3 is 0 Å². The van der Waals surface area contributed by atoms with Gasteiger partial charge in [0.05, 0.1) is 18.3 Å². The maximum atomic E-state index is 12.7. The number of rotatable bonds is 6. The number of piperazine rings is 1. The van der Waals surface area contributed by atoms with Gasteiger partial charge in [-0.05, 0) is 31.4 Å². The molecule has 1 aliphatic rings. The second-order valence-electron chi connectivity index (χ2n) is 8.45. The van der Waals surface area contributed by atoms with Crippen molar-refractivity contribution in [3.63, 3.8) is 0 Å². The average Bonchev–Trinajstić information content (AvgIpc) is 3.01. The van der Waals surface area contributed by atoms with Gasteiger partial charge in [0, 0.05) is 37.8 Å². The molecule has 2 aromatic rings.